The monoisotopic (exact) mass is 363 g/mol. The van der Waals surface area contributed by atoms with E-state index in [0.717, 1.165) is 30.4 Å². The Morgan fingerprint density at radius 1 is 1.20 bits per heavy atom. The largest absolute Gasteiger partial charge is 0.616 e. The van der Waals surface area contributed by atoms with Gasteiger partial charge in [0.05, 0.1) is 19.2 Å². The molecule has 0 radical (unpaired) electrons. The van der Waals surface area contributed by atoms with Crippen molar-refractivity contribution in [3.05, 3.63) is 57.8 Å². The molecule has 1 N–H and O–H groups in total. The van der Waals surface area contributed by atoms with Gasteiger partial charge in [-0.05, 0) is 23.8 Å². The summed E-state index contributed by atoms with van der Waals surface area (Å²) in [5.41, 5.74) is 1.96. The van der Waals surface area contributed by atoms with Crippen molar-refractivity contribution in [2.24, 2.45) is 0 Å². The van der Waals surface area contributed by atoms with Crippen molar-refractivity contribution < 1.29 is 18.7 Å². The zero-order chi connectivity index (χ0) is 17.8. The van der Waals surface area contributed by atoms with Crippen LogP contribution in [-0.2, 0) is 17.7 Å². The molecule has 9 heteroatoms. The van der Waals surface area contributed by atoms with Crippen LogP contribution in [0.25, 0.3) is 0 Å². The van der Waals surface area contributed by atoms with Gasteiger partial charge in [-0.2, -0.15) is 0 Å². The van der Waals surface area contributed by atoms with Crippen LogP contribution >= 0.6 is 0 Å². The summed E-state index contributed by atoms with van der Waals surface area (Å²) in [5, 5.41) is 13.2. The van der Waals surface area contributed by atoms with Crippen molar-refractivity contribution in [3.8, 4) is 0 Å². The molecule has 0 unspecified atom stereocenters. The SMILES string of the molecule is O=C(NCc1ccc(N2CC[S+]([O-])CC2)cc1)c1ccc([N+](=O)[O-])o1. The summed E-state index contributed by atoms with van der Waals surface area (Å²) in [6.45, 7) is 1.84. The molecule has 1 fully saturated rings. The second-order valence-corrected chi connectivity index (χ2v) is 7.28. The number of furan rings is 1. The highest BCUT2D eigenvalue weighted by molar-refractivity contribution is 7.91. The van der Waals surface area contributed by atoms with Crippen molar-refractivity contribution in [1.82, 2.24) is 5.32 Å². The van der Waals surface area contributed by atoms with Crippen molar-refractivity contribution >= 4 is 28.7 Å². The second-order valence-electron chi connectivity index (χ2n) is 5.58. The van der Waals surface area contributed by atoms with Crippen molar-refractivity contribution in [3.63, 3.8) is 0 Å². The summed E-state index contributed by atoms with van der Waals surface area (Å²) in [4.78, 5) is 24.0. The lowest BCUT2D eigenvalue weighted by atomic mass is 10.2. The van der Waals surface area contributed by atoms with Gasteiger partial charge in [0.2, 0.25) is 0 Å². The lowest BCUT2D eigenvalue weighted by Crippen LogP contribution is -2.40. The number of nitrogens with zero attached hydrogens (tertiary/aromatic N) is 2. The fourth-order valence-corrected chi connectivity index (χ4v) is 3.59. The number of anilines is 1. The van der Waals surface area contributed by atoms with Gasteiger partial charge >= 0.3 is 5.88 Å². The summed E-state index contributed by atoms with van der Waals surface area (Å²) in [6, 6.07) is 10.2. The first-order chi connectivity index (χ1) is 12.0. The maximum atomic E-state index is 11.9. The van der Waals surface area contributed by atoms with Gasteiger partial charge in [-0.1, -0.05) is 23.3 Å². The van der Waals surface area contributed by atoms with E-state index in [0.29, 0.717) is 11.5 Å². The Morgan fingerprint density at radius 2 is 1.88 bits per heavy atom. The number of rotatable bonds is 5. The lowest BCUT2D eigenvalue weighted by Gasteiger charge is -2.30. The summed E-state index contributed by atoms with van der Waals surface area (Å²) in [7, 11) is 0. The highest BCUT2D eigenvalue weighted by Crippen LogP contribution is 2.19. The Kier molecular flexibility index (Phi) is 5.25. The Balaban J connectivity index is 1.54. The van der Waals surface area contributed by atoms with E-state index in [1.807, 2.05) is 24.3 Å². The number of carbonyl (C=O) groups excluding carboxylic acids is 1. The van der Waals surface area contributed by atoms with Gasteiger partial charge in [0.15, 0.2) is 5.76 Å². The van der Waals surface area contributed by atoms with E-state index in [-0.39, 0.29) is 12.3 Å². The third kappa shape index (κ3) is 4.31. The van der Waals surface area contributed by atoms with Gasteiger partial charge in [0.25, 0.3) is 5.91 Å². The fraction of sp³-hybridized carbons (Fsp3) is 0.312. The normalized spacial score (nSPS) is 15.2. The standard InChI is InChI=1S/C16H17N3O5S/c20-16(14-5-6-15(24-14)19(21)22)17-11-12-1-3-13(4-2-12)18-7-9-25(23)10-8-18/h1-6H,7-11H2,(H,17,20). The van der Waals surface area contributed by atoms with Gasteiger partial charge < -0.3 is 19.2 Å². The predicted molar refractivity (Wildman–Crippen MR) is 93.1 cm³/mol. The molecule has 0 spiro atoms. The number of carbonyl (C=O) groups is 1. The maximum absolute atomic E-state index is 11.9. The Morgan fingerprint density at radius 3 is 2.48 bits per heavy atom. The van der Waals surface area contributed by atoms with E-state index < -0.39 is 27.9 Å². The molecule has 2 heterocycles. The molecule has 2 aromatic rings. The first-order valence-electron chi connectivity index (χ1n) is 7.74. The zero-order valence-corrected chi connectivity index (χ0v) is 14.2. The highest BCUT2D eigenvalue weighted by Gasteiger charge is 2.19. The van der Waals surface area contributed by atoms with Crippen LogP contribution in [0.1, 0.15) is 16.1 Å². The molecular formula is C16H17N3O5S. The van der Waals surface area contributed by atoms with Crippen LogP contribution in [0, 0.1) is 10.1 Å². The van der Waals surface area contributed by atoms with Crippen molar-refractivity contribution in [2.45, 2.75) is 6.54 Å². The molecule has 3 rings (SSSR count). The predicted octanol–water partition coefficient (Wildman–Crippen LogP) is 1.69. The topological polar surface area (TPSA) is 112 Å². The molecule has 1 saturated heterocycles. The number of hydrogen-bond acceptors (Lipinski definition) is 6. The average Bonchev–Trinajstić information content (AvgIpc) is 3.11. The minimum absolute atomic E-state index is 0.0929. The summed E-state index contributed by atoms with van der Waals surface area (Å²) in [6.07, 6.45) is 0. The van der Waals surface area contributed by atoms with E-state index >= 15 is 0 Å². The zero-order valence-electron chi connectivity index (χ0n) is 13.3. The molecule has 1 amide bonds. The van der Waals surface area contributed by atoms with E-state index in [1.54, 1.807) is 0 Å². The third-order valence-electron chi connectivity index (χ3n) is 3.93. The number of hydrogen-bond donors (Lipinski definition) is 1. The van der Waals surface area contributed by atoms with Crippen molar-refractivity contribution in [1.29, 1.82) is 0 Å². The molecule has 0 bridgehead atoms. The van der Waals surface area contributed by atoms with Gasteiger partial charge in [0, 0.05) is 12.2 Å². The minimum atomic E-state index is -0.707. The Hall–Kier alpha value is -2.52. The minimum Gasteiger partial charge on any atom is -0.616 e. The van der Waals surface area contributed by atoms with Crippen LogP contribution in [-0.4, -0.2) is 40.0 Å². The van der Waals surface area contributed by atoms with Gasteiger partial charge in [-0.15, -0.1) is 0 Å². The average molecular weight is 363 g/mol. The maximum Gasteiger partial charge on any atom is 0.433 e. The third-order valence-corrected chi connectivity index (χ3v) is 5.20. The summed E-state index contributed by atoms with van der Waals surface area (Å²) < 4.78 is 16.3. The van der Waals surface area contributed by atoms with Gasteiger partial charge in [-0.3, -0.25) is 14.9 Å². The molecule has 132 valence electrons. The van der Waals surface area contributed by atoms with E-state index in [1.165, 1.54) is 6.07 Å². The summed E-state index contributed by atoms with van der Waals surface area (Å²) >= 11 is -0.707. The van der Waals surface area contributed by atoms with Gasteiger partial charge in [-0.25, -0.2) is 0 Å². The molecule has 1 aromatic heterocycles. The van der Waals surface area contributed by atoms with Gasteiger partial charge in [0.1, 0.15) is 16.4 Å². The van der Waals surface area contributed by atoms with Crippen molar-refractivity contribution in [2.75, 3.05) is 29.5 Å². The molecule has 0 atom stereocenters. The number of benzene rings is 1. The molecule has 1 aliphatic rings. The number of nitrogens with one attached hydrogen (secondary N) is 1. The van der Waals surface area contributed by atoms with Crippen LogP contribution in [0.5, 0.6) is 0 Å². The van der Waals surface area contributed by atoms with Crippen LogP contribution in [0.15, 0.2) is 40.8 Å². The van der Waals surface area contributed by atoms with Crippen LogP contribution in [0.2, 0.25) is 0 Å². The van der Waals surface area contributed by atoms with Crippen LogP contribution < -0.4 is 10.2 Å². The second kappa shape index (κ2) is 7.58. The fourth-order valence-electron chi connectivity index (χ4n) is 2.54. The first-order valence-corrected chi connectivity index (χ1v) is 9.23. The Labute approximate surface area is 147 Å². The highest BCUT2D eigenvalue weighted by atomic mass is 32.2. The molecule has 0 saturated carbocycles. The quantitative estimate of drug-likeness (QED) is 0.491. The summed E-state index contributed by atoms with van der Waals surface area (Å²) in [5.74, 6) is 0.317. The smallest absolute Gasteiger partial charge is 0.433 e. The van der Waals surface area contributed by atoms with E-state index in [4.69, 9.17) is 4.42 Å². The first kappa shape index (κ1) is 17.3. The van der Waals surface area contributed by atoms with E-state index in [9.17, 15) is 19.5 Å². The molecular weight excluding hydrogens is 346 g/mol. The van der Waals surface area contributed by atoms with Crippen LogP contribution in [0.3, 0.4) is 0 Å². The Bertz CT molecular complexity index is 753. The molecule has 1 aliphatic heterocycles. The lowest BCUT2D eigenvalue weighted by molar-refractivity contribution is -0.402. The molecule has 1 aromatic carbocycles. The van der Waals surface area contributed by atoms with Crippen LogP contribution in [0.4, 0.5) is 11.6 Å². The number of amides is 1. The molecule has 8 nitrogen and oxygen atoms in total. The van der Waals surface area contributed by atoms with E-state index in [2.05, 4.69) is 10.2 Å². The molecule has 25 heavy (non-hydrogen) atoms. The molecule has 0 aliphatic carbocycles. The number of nitro groups is 1.